The third kappa shape index (κ3) is 3.69. The summed E-state index contributed by atoms with van der Waals surface area (Å²) in [4.78, 5) is 11.6. The Morgan fingerprint density at radius 1 is 1.11 bits per heavy atom. The van der Waals surface area contributed by atoms with Gasteiger partial charge in [0.15, 0.2) is 9.84 Å². The summed E-state index contributed by atoms with van der Waals surface area (Å²) in [7, 11) is -3.64. The van der Waals surface area contributed by atoms with Crippen molar-refractivity contribution in [1.82, 2.24) is 0 Å². The molecule has 1 N–H and O–H groups in total. The number of aliphatic carboxylic acids is 1. The van der Waals surface area contributed by atoms with Gasteiger partial charge >= 0.3 is 5.97 Å². The summed E-state index contributed by atoms with van der Waals surface area (Å²) in [5.74, 6) is -1.99. The number of fused-ring (bicyclic) bond motifs is 2. The molecule has 2 fully saturated rings. The van der Waals surface area contributed by atoms with E-state index < -0.39 is 27.3 Å². The standard InChI is InChI=1S/C21H21FO5S/c22-17-5-1-14(2-6-17)15-3-7-19(8-4-15)28(25,26)13-21-10-9-18(27-21)11-16(12-21)20(23)24/h1-8,16,18H,9-13H2,(H,23,24). The van der Waals surface area contributed by atoms with E-state index in [2.05, 4.69) is 0 Å². The molecule has 2 aliphatic rings. The van der Waals surface area contributed by atoms with E-state index in [1.165, 1.54) is 24.3 Å². The maximum Gasteiger partial charge on any atom is 0.306 e. The zero-order valence-electron chi connectivity index (χ0n) is 15.2. The Labute approximate surface area is 163 Å². The van der Waals surface area contributed by atoms with Crippen molar-refractivity contribution < 1.29 is 27.4 Å². The molecule has 2 bridgehead atoms. The summed E-state index contributed by atoms with van der Waals surface area (Å²) >= 11 is 0. The molecule has 3 unspecified atom stereocenters. The van der Waals surface area contributed by atoms with E-state index in [0.717, 1.165) is 11.1 Å². The molecule has 0 saturated carbocycles. The van der Waals surface area contributed by atoms with Crippen molar-refractivity contribution in [1.29, 1.82) is 0 Å². The molecule has 0 radical (unpaired) electrons. The molecule has 0 aliphatic carbocycles. The van der Waals surface area contributed by atoms with Gasteiger partial charge in [0.25, 0.3) is 0 Å². The molecule has 5 nitrogen and oxygen atoms in total. The summed E-state index contributed by atoms with van der Waals surface area (Å²) in [5, 5.41) is 9.36. The number of sulfone groups is 1. The first-order valence-electron chi connectivity index (χ1n) is 9.26. The molecular weight excluding hydrogens is 383 g/mol. The topological polar surface area (TPSA) is 80.7 Å². The van der Waals surface area contributed by atoms with Gasteiger partial charge in [0.1, 0.15) is 5.82 Å². The highest BCUT2D eigenvalue weighted by molar-refractivity contribution is 7.91. The van der Waals surface area contributed by atoms with E-state index in [4.69, 9.17) is 4.74 Å². The fourth-order valence-corrected chi connectivity index (χ4v) is 6.08. The van der Waals surface area contributed by atoms with Crippen LogP contribution in [0.4, 0.5) is 4.39 Å². The number of ether oxygens (including phenoxy) is 1. The Hall–Kier alpha value is -2.25. The van der Waals surface area contributed by atoms with Gasteiger partial charge < -0.3 is 9.84 Å². The minimum atomic E-state index is -3.64. The molecule has 28 heavy (non-hydrogen) atoms. The molecule has 2 aromatic carbocycles. The number of benzene rings is 2. The molecule has 7 heteroatoms. The van der Waals surface area contributed by atoms with E-state index in [0.29, 0.717) is 19.3 Å². The summed E-state index contributed by atoms with van der Waals surface area (Å²) < 4.78 is 45.0. The zero-order chi connectivity index (χ0) is 19.9. The fourth-order valence-electron chi connectivity index (χ4n) is 4.34. The van der Waals surface area contributed by atoms with Crippen LogP contribution in [0.25, 0.3) is 11.1 Å². The smallest absolute Gasteiger partial charge is 0.306 e. The second-order valence-corrected chi connectivity index (χ2v) is 9.72. The Kier molecular flexibility index (Phi) is 4.75. The van der Waals surface area contributed by atoms with E-state index in [1.807, 2.05) is 0 Å². The normalized spacial score (nSPS) is 26.9. The molecule has 0 spiro atoms. The molecule has 4 rings (SSSR count). The van der Waals surface area contributed by atoms with Gasteiger partial charge in [0.2, 0.25) is 0 Å². The zero-order valence-corrected chi connectivity index (χ0v) is 16.0. The first-order chi connectivity index (χ1) is 13.3. The maximum absolute atomic E-state index is 13.1. The molecule has 0 amide bonds. The largest absolute Gasteiger partial charge is 0.481 e. The lowest BCUT2D eigenvalue weighted by molar-refractivity contribution is -0.153. The van der Waals surface area contributed by atoms with Crippen molar-refractivity contribution >= 4 is 15.8 Å². The SMILES string of the molecule is O=C(O)C1CC2CCC(CS(=O)(=O)c3ccc(-c4ccc(F)cc4)cc3)(C1)O2. The van der Waals surface area contributed by atoms with Gasteiger partial charge in [0, 0.05) is 0 Å². The van der Waals surface area contributed by atoms with Gasteiger partial charge in [-0.15, -0.1) is 0 Å². The lowest BCUT2D eigenvalue weighted by Gasteiger charge is -2.36. The van der Waals surface area contributed by atoms with Crippen molar-refractivity contribution in [2.45, 2.75) is 42.3 Å². The summed E-state index contributed by atoms with van der Waals surface area (Å²) in [5.41, 5.74) is 0.667. The van der Waals surface area contributed by atoms with Crippen LogP contribution in [-0.2, 0) is 19.4 Å². The van der Waals surface area contributed by atoms with Crippen LogP contribution in [0.5, 0.6) is 0 Å². The summed E-state index contributed by atoms with van der Waals surface area (Å²) in [6.07, 6.45) is 1.76. The van der Waals surface area contributed by atoms with Gasteiger partial charge in [-0.3, -0.25) is 4.79 Å². The van der Waals surface area contributed by atoms with Crippen molar-refractivity contribution in [2.75, 3.05) is 5.75 Å². The second-order valence-electron chi connectivity index (χ2n) is 7.73. The highest BCUT2D eigenvalue weighted by Gasteiger charge is 2.51. The van der Waals surface area contributed by atoms with Gasteiger partial charge in [-0.1, -0.05) is 24.3 Å². The van der Waals surface area contributed by atoms with E-state index >= 15 is 0 Å². The lowest BCUT2D eigenvalue weighted by atomic mass is 9.88. The average Bonchev–Trinajstić information content (AvgIpc) is 2.95. The van der Waals surface area contributed by atoms with Gasteiger partial charge in [-0.2, -0.15) is 0 Å². The van der Waals surface area contributed by atoms with Crippen LogP contribution < -0.4 is 0 Å². The van der Waals surface area contributed by atoms with Crippen LogP contribution >= 0.6 is 0 Å². The monoisotopic (exact) mass is 404 g/mol. The van der Waals surface area contributed by atoms with Crippen molar-refractivity contribution in [3.8, 4) is 11.1 Å². The minimum Gasteiger partial charge on any atom is -0.481 e. The highest BCUT2D eigenvalue weighted by atomic mass is 32.2. The Morgan fingerprint density at radius 2 is 1.71 bits per heavy atom. The Morgan fingerprint density at radius 3 is 2.32 bits per heavy atom. The predicted octanol–water partition coefficient (Wildman–Crippen LogP) is 3.68. The van der Waals surface area contributed by atoms with E-state index in [1.54, 1.807) is 24.3 Å². The summed E-state index contributed by atoms with van der Waals surface area (Å²) in [6, 6.07) is 12.4. The highest BCUT2D eigenvalue weighted by Crippen LogP contribution is 2.45. The van der Waals surface area contributed by atoms with Crippen LogP contribution in [0.1, 0.15) is 25.7 Å². The van der Waals surface area contributed by atoms with Crippen molar-refractivity contribution in [2.24, 2.45) is 5.92 Å². The minimum absolute atomic E-state index is 0.175. The van der Waals surface area contributed by atoms with Crippen LogP contribution in [0.2, 0.25) is 0 Å². The molecule has 148 valence electrons. The second kappa shape index (κ2) is 6.97. The number of halogens is 1. The average molecular weight is 404 g/mol. The fraction of sp³-hybridized carbons (Fsp3) is 0.381. The van der Waals surface area contributed by atoms with Gasteiger partial charge in [-0.05, 0) is 61.1 Å². The molecule has 3 atom stereocenters. The first kappa shape index (κ1) is 19.1. The number of carboxylic acid groups (broad SMARTS) is 1. The number of carboxylic acids is 1. The van der Waals surface area contributed by atoms with Crippen LogP contribution in [0, 0.1) is 11.7 Å². The quantitative estimate of drug-likeness (QED) is 0.822. The van der Waals surface area contributed by atoms with Crippen LogP contribution in [0.15, 0.2) is 53.4 Å². The summed E-state index contributed by atoms with van der Waals surface area (Å²) in [6.45, 7) is 0. The maximum atomic E-state index is 13.1. The van der Waals surface area contributed by atoms with Crippen molar-refractivity contribution in [3.05, 3.63) is 54.3 Å². The van der Waals surface area contributed by atoms with E-state index in [9.17, 15) is 22.7 Å². The molecule has 2 heterocycles. The van der Waals surface area contributed by atoms with E-state index in [-0.39, 0.29) is 29.0 Å². The number of hydrogen-bond donors (Lipinski definition) is 1. The number of hydrogen-bond acceptors (Lipinski definition) is 4. The molecule has 2 aromatic rings. The molecule has 2 aliphatic heterocycles. The lowest BCUT2D eigenvalue weighted by Crippen LogP contribution is -2.44. The molecule has 0 aromatic heterocycles. The molecule has 2 saturated heterocycles. The molecular formula is C21H21FO5S. The van der Waals surface area contributed by atoms with Gasteiger partial charge in [0.05, 0.1) is 28.3 Å². The number of rotatable bonds is 5. The third-order valence-corrected chi connectivity index (χ3v) is 7.59. The third-order valence-electron chi connectivity index (χ3n) is 5.70. The van der Waals surface area contributed by atoms with Crippen LogP contribution in [0.3, 0.4) is 0 Å². The Balaban J connectivity index is 1.55. The van der Waals surface area contributed by atoms with Crippen LogP contribution in [-0.4, -0.2) is 37.0 Å². The van der Waals surface area contributed by atoms with Gasteiger partial charge in [-0.25, -0.2) is 12.8 Å². The predicted molar refractivity (Wildman–Crippen MR) is 101 cm³/mol. The van der Waals surface area contributed by atoms with Crippen molar-refractivity contribution in [3.63, 3.8) is 0 Å². The number of carbonyl (C=O) groups is 1. The first-order valence-corrected chi connectivity index (χ1v) is 10.9. The Bertz CT molecular complexity index is 984.